The van der Waals surface area contributed by atoms with Gasteiger partial charge in [-0.2, -0.15) is 0 Å². The van der Waals surface area contributed by atoms with Gasteiger partial charge in [0.15, 0.2) is 0 Å². The van der Waals surface area contributed by atoms with Gasteiger partial charge in [-0.1, -0.05) is 27.7 Å². The van der Waals surface area contributed by atoms with Crippen molar-refractivity contribution in [2.45, 2.75) is 40.2 Å². The molecule has 0 bridgehead atoms. The van der Waals surface area contributed by atoms with Crippen LogP contribution in [0.2, 0.25) is 0 Å². The van der Waals surface area contributed by atoms with Crippen LogP contribution in [-0.4, -0.2) is 43.8 Å². The van der Waals surface area contributed by atoms with Crippen LogP contribution in [0.1, 0.15) is 34.6 Å². The van der Waals surface area contributed by atoms with Crippen molar-refractivity contribution in [1.29, 1.82) is 0 Å². The van der Waals surface area contributed by atoms with E-state index < -0.39 is 0 Å². The van der Waals surface area contributed by atoms with E-state index in [1.165, 1.54) is 0 Å². The van der Waals surface area contributed by atoms with Crippen LogP contribution in [0.4, 0.5) is 0 Å². The first-order valence-corrected chi connectivity index (χ1v) is 6.33. The fourth-order valence-corrected chi connectivity index (χ4v) is 1.32. The first kappa shape index (κ1) is 15.9. The van der Waals surface area contributed by atoms with Gasteiger partial charge in [0.25, 0.3) is 0 Å². The number of nitrogens with zero attached hydrogens (tertiary/aromatic N) is 1. The van der Waals surface area contributed by atoms with E-state index in [1.54, 1.807) is 0 Å². The third kappa shape index (κ3) is 5.83. The predicted octanol–water partition coefficient (Wildman–Crippen LogP) is 1.96. The van der Waals surface area contributed by atoms with Gasteiger partial charge in [0, 0.05) is 18.6 Å². The fraction of sp³-hybridized carbons (Fsp3) is 1.00. The van der Waals surface area contributed by atoms with Crippen molar-refractivity contribution in [3.63, 3.8) is 0 Å². The molecule has 1 saturated heterocycles. The van der Waals surface area contributed by atoms with E-state index in [9.17, 15) is 0 Å². The molecule has 1 rings (SSSR count). The summed E-state index contributed by atoms with van der Waals surface area (Å²) in [6.45, 7) is 14.8. The van der Waals surface area contributed by atoms with Gasteiger partial charge in [-0.25, -0.2) is 0 Å². The van der Waals surface area contributed by atoms with Crippen molar-refractivity contribution in [2.75, 3.05) is 33.4 Å². The van der Waals surface area contributed by atoms with E-state index in [0.29, 0.717) is 11.8 Å². The molecule has 0 aromatic carbocycles. The Morgan fingerprint density at radius 3 is 1.56 bits per heavy atom. The molecule has 1 fully saturated rings. The quantitative estimate of drug-likeness (QED) is 0.788. The zero-order valence-electron chi connectivity index (χ0n) is 11.9. The lowest BCUT2D eigenvalue weighted by Crippen LogP contribution is -2.46. The van der Waals surface area contributed by atoms with E-state index >= 15 is 0 Å². The third-order valence-corrected chi connectivity index (χ3v) is 3.72. The zero-order valence-corrected chi connectivity index (χ0v) is 11.9. The number of ether oxygens (including phenoxy) is 1. The highest BCUT2D eigenvalue weighted by Crippen LogP contribution is 2.21. The van der Waals surface area contributed by atoms with E-state index in [4.69, 9.17) is 10.5 Å². The largest absolute Gasteiger partial charge is 0.379 e. The second kappa shape index (κ2) is 7.25. The molecule has 3 heteroatoms. The monoisotopic (exact) mass is 230 g/mol. The molecule has 16 heavy (non-hydrogen) atoms. The molecule has 0 spiro atoms. The molecule has 0 aromatic rings. The van der Waals surface area contributed by atoms with Crippen LogP contribution in [0.3, 0.4) is 0 Å². The Hall–Kier alpha value is -0.120. The molecule has 0 aliphatic carbocycles. The minimum atomic E-state index is 0.000000000000000222. The minimum Gasteiger partial charge on any atom is -0.379 e. The second-order valence-electron chi connectivity index (χ2n) is 5.59. The maximum absolute atomic E-state index is 6.00. The Bertz CT molecular complexity index is 163. The normalized spacial score (nSPS) is 18.6. The van der Waals surface area contributed by atoms with Gasteiger partial charge in [0.05, 0.1) is 13.2 Å². The van der Waals surface area contributed by atoms with Gasteiger partial charge in [0.2, 0.25) is 0 Å². The number of likely N-dealkylation sites (N-methyl/N-ethyl adjacent to an activating group) is 1. The van der Waals surface area contributed by atoms with Crippen LogP contribution in [0, 0.1) is 11.8 Å². The van der Waals surface area contributed by atoms with Crippen LogP contribution < -0.4 is 5.73 Å². The Kier molecular flexibility index (Phi) is 7.20. The molecule has 0 radical (unpaired) electrons. The molecule has 0 amide bonds. The summed E-state index contributed by atoms with van der Waals surface area (Å²) < 4.78 is 5.10. The number of hydrogen-bond acceptors (Lipinski definition) is 3. The fourth-order valence-electron chi connectivity index (χ4n) is 1.32. The SMILES string of the molecule is CC(C)C(C)(N)C(C)C.CN1CCOCC1. The molecular weight excluding hydrogens is 200 g/mol. The lowest BCUT2D eigenvalue weighted by Gasteiger charge is -2.33. The summed E-state index contributed by atoms with van der Waals surface area (Å²) in [5, 5.41) is 0. The first-order chi connectivity index (χ1) is 7.28. The topological polar surface area (TPSA) is 38.5 Å². The molecule has 0 atom stereocenters. The van der Waals surface area contributed by atoms with E-state index in [1.807, 2.05) is 0 Å². The first-order valence-electron chi connectivity index (χ1n) is 6.33. The molecule has 3 nitrogen and oxygen atoms in total. The summed E-state index contributed by atoms with van der Waals surface area (Å²) in [7, 11) is 2.11. The molecule has 0 saturated carbocycles. The molecule has 1 aliphatic heterocycles. The van der Waals surface area contributed by atoms with Crippen LogP contribution in [-0.2, 0) is 4.74 Å². The maximum atomic E-state index is 6.00. The summed E-state index contributed by atoms with van der Waals surface area (Å²) >= 11 is 0. The van der Waals surface area contributed by atoms with E-state index in [2.05, 4.69) is 46.6 Å². The van der Waals surface area contributed by atoms with Crippen molar-refractivity contribution in [2.24, 2.45) is 17.6 Å². The highest BCUT2D eigenvalue weighted by atomic mass is 16.5. The third-order valence-electron chi connectivity index (χ3n) is 3.72. The van der Waals surface area contributed by atoms with Crippen molar-refractivity contribution >= 4 is 0 Å². The van der Waals surface area contributed by atoms with Gasteiger partial charge in [0.1, 0.15) is 0 Å². The van der Waals surface area contributed by atoms with Gasteiger partial charge in [-0.15, -0.1) is 0 Å². The van der Waals surface area contributed by atoms with Gasteiger partial charge in [-0.05, 0) is 25.8 Å². The van der Waals surface area contributed by atoms with Crippen molar-refractivity contribution in [1.82, 2.24) is 4.90 Å². The lowest BCUT2D eigenvalue weighted by molar-refractivity contribution is 0.0503. The molecule has 0 unspecified atom stereocenters. The number of rotatable bonds is 2. The summed E-state index contributed by atoms with van der Waals surface area (Å²) in [6, 6.07) is 0. The maximum Gasteiger partial charge on any atom is 0.0594 e. The second-order valence-corrected chi connectivity index (χ2v) is 5.59. The Morgan fingerprint density at radius 2 is 1.44 bits per heavy atom. The molecule has 1 aliphatic rings. The molecule has 98 valence electrons. The van der Waals surface area contributed by atoms with Gasteiger partial charge in [-0.3, -0.25) is 0 Å². The Morgan fingerprint density at radius 1 is 1.06 bits per heavy atom. The zero-order chi connectivity index (χ0) is 12.8. The van der Waals surface area contributed by atoms with Crippen molar-refractivity contribution < 1.29 is 4.74 Å². The van der Waals surface area contributed by atoms with Crippen LogP contribution >= 0.6 is 0 Å². The van der Waals surface area contributed by atoms with Gasteiger partial charge < -0.3 is 15.4 Å². The molecule has 1 heterocycles. The Labute approximate surface area is 101 Å². The van der Waals surface area contributed by atoms with E-state index in [-0.39, 0.29) is 5.54 Å². The van der Waals surface area contributed by atoms with E-state index in [0.717, 1.165) is 26.3 Å². The predicted molar refractivity (Wildman–Crippen MR) is 70.6 cm³/mol. The Balaban J connectivity index is 0.000000288. The summed E-state index contributed by atoms with van der Waals surface area (Å²) in [4.78, 5) is 2.27. The molecular formula is C13H30N2O. The minimum absolute atomic E-state index is 0.000000000000000222. The molecule has 0 aromatic heterocycles. The van der Waals surface area contributed by atoms with Crippen molar-refractivity contribution in [3.05, 3.63) is 0 Å². The average molecular weight is 230 g/mol. The molecule has 2 N–H and O–H groups in total. The number of morpholine rings is 1. The van der Waals surface area contributed by atoms with Crippen LogP contribution in [0.5, 0.6) is 0 Å². The number of hydrogen-bond donors (Lipinski definition) is 1. The van der Waals surface area contributed by atoms with Gasteiger partial charge >= 0.3 is 0 Å². The number of nitrogens with two attached hydrogens (primary N) is 1. The average Bonchev–Trinajstić information content (AvgIpc) is 2.19. The smallest absolute Gasteiger partial charge is 0.0594 e. The summed E-state index contributed by atoms with van der Waals surface area (Å²) in [5.74, 6) is 1.13. The summed E-state index contributed by atoms with van der Waals surface area (Å²) in [5.41, 5.74) is 6.00. The van der Waals surface area contributed by atoms with Crippen LogP contribution in [0.15, 0.2) is 0 Å². The van der Waals surface area contributed by atoms with Crippen LogP contribution in [0.25, 0.3) is 0 Å². The summed E-state index contributed by atoms with van der Waals surface area (Å²) in [6.07, 6.45) is 0. The highest BCUT2D eigenvalue weighted by Gasteiger charge is 2.26. The van der Waals surface area contributed by atoms with Crippen molar-refractivity contribution in [3.8, 4) is 0 Å². The highest BCUT2D eigenvalue weighted by molar-refractivity contribution is 4.84. The lowest BCUT2D eigenvalue weighted by atomic mass is 9.80. The standard InChI is InChI=1S/C8H19N.C5H11NO/c1-6(2)8(5,9)7(3)4;1-6-2-4-7-5-3-6/h6-7H,9H2,1-5H3;2-5H2,1H3.